The molecule has 41 heavy (non-hydrogen) atoms. The van der Waals surface area contributed by atoms with Crippen LogP contribution in [0.5, 0.6) is 17.2 Å². The predicted octanol–water partition coefficient (Wildman–Crippen LogP) is 6.12. The molecule has 3 rings (SSSR count). The molecule has 1 aliphatic rings. The number of Topliss-reactive ketones (excluding diaryl/α,β-unsaturated/α-hetero) is 1. The summed E-state index contributed by atoms with van der Waals surface area (Å²) in [7, 11) is 1.57. The van der Waals surface area contributed by atoms with Crippen LogP contribution in [0.25, 0.3) is 5.76 Å². The topological polar surface area (TPSA) is 88.5 Å². The second-order valence-corrected chi connectivity index (χ2v) is 10.3. The molecule has 224 valence electrons. The predicted molar refractivity (Wildman–Crippen MR) is 162 cm³/mol. The summed E-state index contributed by atoms with van der Waals surface area (Å²) in [5.41, 5.74) is 1.98. The van der Waals surface area contributed by atoms with Crippen molar-refractivity contribution in [3.8, 4) is 17.2 Å². The molecule has 1 atom stereocenters. The third-order valence-electron chi connectivity index (χ3n) is 7.53. The number of unbranched alkanes of at least 4 members (excludes halogenated alkanes) is 2. The molecule has 2 aromatic rings. The fraction of sp³-hybridized carbons (Fsp3) is 0.515. The molecule has 1 amide bonds. The molecule has 0 saturated carbocycles. The first-order chi connectivity index (χ1) is 19.8. The number of ether oxygens (including phenoxy) is 3. The Kier molecular flexibility index (Phi) is 12.1. The highest BCUT2D eigenvalue weighted by molar-refractivity contribution is 6.46. The number of carbonyl (C=O) groups excluding carboxylic acids is 2. The van der Waals surface area contributed by atoms with E-state index in [1.165, 1.54) is 0 Å². The lowest BCUT2D eigenvalue weighted by Crippen LogP contribution is -2.38. The summed E-state index contributed by atoms with van der Waals surface area (Å²) in [4.78, 5) is 30.7. The van der Waals surface area contributed by atoms with Gasteiger partial charge < -0.3 is 29.1 Å². The average molecular weight is 567 g/mol. The van der Waals surface area contributed by atoms with E-state index >= 15 is 0 Å². The summed E-state index contributed by atoms with van der Waals surface area (Å²) in [6.45, 7) is 13.9. The monoisotopic (exact) mass is 566 g/mol. The number of likely N-dealkylation sites (N-methyl/N-ethyl adjacent to an activating group) is 1. The van der Waals surface area contributed by atoms with Gasteiger partial charge in [0.1, 0.15) is 11.5 Å². The normalized spacial score (nSPS) is 16.5. The number of ketones is 1. The van der Waals surface area contributed by atoms with Crippen LogP contribution in [0.4, 0.5) is 0 Å². The van der Waals surface area contributed by atoms with Gasteiger partial charge in [-0.15, -0.1) is 0 Å². The summed E-state index contributed by atoms with van der Waals surface area (Å²) in [6.07, 6.45) is 3.99. The van der Waals surface area contributed by atoms with Gasteiger partial charge in [0.25, 0.3) is 11.7 Å². The van der Waals surface area contributed by atoms with Gasteiger partial charge in [-0.1, -0.05) is 46.6 Å². The Balaban J connectivity index is 2.08. The van der Waals surface area contributed by atoms with Gasteiger partial charge >= 0.3 is 0 Å². The molecule has 1 fully saturated rings. The summed E-state index contributed by atoms with van der Waals surface area (Å²) < 4.78 is 17.4. The molecule has 0 bridgehead atoms. The molecule has 0 aliphatic carbocycles. The van der Waals surface area contributed by atoms with Crippen LogP contribution in [-0.4, -0.2) is 73.1 Å². The highest BCUT2D eigenvalue weighted by atomic mass is 16.5. The average Bonchev–Trinajstić information content (AvgIpc) is 3.23. The molecule has 1 N–H and O–H groups in total. The minimum atomic E-state index is -0.774. The van der Waals surface area contributed by atoms with Crippen LogP contribution in [0.3, 0.4) is 0 Å². The minimum absolute atomic E-state index is 0.0681. The van der Waals surface area contributed by atoms with E-state index in [0.29, 0.717) is 54.7 Å². The van der Waals surface area contributed by atoms with E-state index in [4.69, 9.17) is 14.2 Å². The number of aryl methyl sites for hydroxylation is 1. The van der Waals surface area contributed by atoms with Crippen molar-refractivity contribution >= 4 is 17.4 Å². The number of aliphatic hydroxyl groups excluding tert-OH is 1. The van der Waals surface area contributed by atoms with Crippen LogP contribution in [0.15, 0.2) is 42.0 Å². The summed E-state index contributed by atoms with van der Waals surface area (Å²) in [5, 5.41) is 11.6. The Morgan fingerprint density at radius 3 is 2.32 bits per heavy atom. The number of hydrogen-bond donors (Lipinski definition) is 1. The Morgan fingerprint density at radius 2 is 1.68 bits per heavy atom. The summed E-state index contributed by atoms with van der Waals surface area (Å²) >= 11 is 0. The van der Waals surface area contributed by atoms with E-state index in [0.717, 1.165) is 44.3 Å². The van der Waals surface area contributed by atoms with Crippen molar-refractivity contribution < 1.29 is 28.9 Å². The number of amides is 1. The third kappa shape index (κ3) is 7.61. The number of benzene rings is 2. The summed E-state index contributed by atoms with van der Waals surface area (Å²) in [6, 6.07) is 10.0. The molecule has 1 saturated heterocycles. The van der Waals surface area contributed by atoms with Crippen molar-refractivity contribution in [3.05, 3.63) is 58.7 Å². The first-order valence-corrected chi connectivity index (χ1v) is 14.9. The molecule has 8 heteroatoms. The zero-order chi connectivity index (χ0) is 29.9. The lowest BCUT2D eigenvalue weighted by Gasteiger charge is -2.28. The quantitative estimate of drug-likeness (QED) is 0.113. The molecule has 8 nitrogen and oxygen atoms in total. The lowest BCUT2D eigenvalue weighted by atomic mass is 9.93. The van der Waals surface area contributed by atoms with Crippen molar-refractivity contribution in [2.75, 3.05) is 46.5 Å². The van der Waals surface area contributed by atoms with E-state index in [2.05, 4.69) is 25.7 Å². The molecule has 0 spiro atoms. The van der Waals surface area contributed by atoms with E-state index in [-0.39, 0.29) is 11.3 Å². The van der Waals surface area contributed by atoms with E-state index in [1.54, 1.807) is 30.2 Å². The zero-order valence-corrected chi connectivity index (χ0v) is 25.5. The van der Waals surface area contributed by atoms with Crippen LogP contribution in [-0.2, 0) is 9.59 Å². The van der Waals surface area contributed by atoms with Crippen molar-refractivity contribution in [1.82, 2.24) is 9.80 Å². The third-order valence-corrected chi connectivity index (χ3v) is 7.53. The number of likely N-dealkylation sites (tertiary alicyclic amines) is 1. The van der Waals surface area contributed by atoms with Gasteiger partial charge in [-0.2, -0.15) is 0 Å². The smallest absolute Gasteiger partial charge is 0.295 e. The van der Waals surface area contributed by atoms with Crippen LogP contribution < -0.4 is 14.2 Å². The Morgan fingerprint density at radius 1 is 0.927 bits per heavy atom. The maximum atomic E-state index is 13.5. The first-order valence-electron chi connectivity index (χ1n) is 14.9. The second-order valence-electron chi connectivity index (χ2n) is 10.3. The molecule has 1 aliphatic heterocycles. The maximum Gasteiger partial charge on any atom is 0.295 e. The number of nitrogens with zero attached hydrogens (tertiary/aromatic N) is 2. The lowest BCUT2D eigenvalue weighted by molar-refractivity contribution is -0.140. The minimum Gasteiger partial charge on any atom is -0.507 e. The van der Waals surface area contributed by atoms with Gasteiger partial charge in [-0.25, -0.2) is 0 Å². The molecule has 2 aromatic carbocycles. The van der Waals surface area contributed by atoms with Crippen LogP contribution in [0, 0.1) is 6.92 Å². The second kappa shape index (κ2) is 15.5. The number of aliphatic hydroxyl groups is 1. The largest absolute Gasteiger partial charge is 0.507 e. The molecule has 1 heterocycles. The molecule has 0 aromatic heterocycles. The van der Waals surface area contributed by atoms with Gasteiger partial charge in [-0.05, 0) is 74.3 Å². The molecular weight excluding hydrogens is 520 g/mol. The van der Waals surface area contributed by atoms with Crippen LogP contribution >= 0.6 is 0 Å². The first kappa shape index (κ1) is 32.0. The van der Waals surface area contributed by atoms with Crippen LogP contribution in [0.2, 0.25) is 0 Å². The molecule has 0 radical (unpaired) electrons. The van der Waals surface area contributed by atoms with Gasteiger partial charge in [0.05, 0.1) is 31.9 Å². The Labute approximate surface area is 244 Å². The van der Waals surface area contributed by atoms with Crippen molar-refractivity contribution in [2.45, 2.75) is 66.3 Å². The van der Waals surface area contributed by atoms with Crippen molar-refractivity contribution in [1.29, 1.82) is 0 Å². The van der Waals surface area contributed by atoms with Crippen LogP contribution in [0.1, 0.15) is 76.1 Å². The van der Waals surface area contributed by atoms with E-state index < -0.39 is 17.7 Å². The van der Waals surface area contributed by atoms with E-state index in [9.17, 15) is 14.7 Å². The fourth-order valence-corrected chi connectivity index (χ4v) is 5.11. The Bertz CT molecular complexity index is 1220. The zero-order valence-electron chi connectivity index (χ0n) is 25.5. The van der Waals surface area contributed by atoms with Crippen molar-refractivity contribution in [2.24, 2.45) is 0 Å². The molecule has 1 unspecified atom stereocenters. The highest BCUT2D eigenvalue weighted by Gasteiger charge is 2.46. The number of rotatable bonds is 16. The summed E-state index contributed by atoms with van der Waals surface area (Å²) in [5.74, 6) is 0.293. The number of carbonyl (C=O) groups is 2. The highest BCUT2D eigenvalue weighted by Crippen LogP contribution is 2.42. The van der Waals surface area contributed by atoms with Gasteiger partial charge in [0.15, 0.2) is 11.5 Å². The Hall–Kier alpha value is -3.52. The number of methoxy groups -OCH3 is 1. The number of hydrogen-bond acceptors (Lipinski definition) is 7. The van der Waals surface area contributed by atoms with Gasteiger partial charge in [0.2, 0.25) is 0 Å². The molecular formula is C33H46N2O6. The fourth-order valence-electron chi connectivity index (χ4n) is 5.11. The van der Waals surface area contributed by atoms with Gasteiger partial charge in [0, 0.05) is 18.7 Å². The standard InChI is InChI=1S/C33H46N2O6/c1-7-11-12-20-41-27-16-13-24(22-28(27)39-6)30-29(32(37)33(38)35(30)18-17-34(9-3)10-4)31(36)26-15-14-25(21-23(26)5)40-19-8-2/h13-16,21-22,30,36H,7-12,17-20H2,1-6H3/b31-29+. The van der Waals surface area contributed by atoms with Crippen molar-refractivity contribution in [3.63, 3.8) is 0 Å². The maximum absolute atomic E-state index is 13.5. The van der Waals surface area contributed by atoms with Gasteiger partial charge in [-0.3, -0.25) is 9.59 Å². The SMILES string of the molecule is CCCCCOc1ccc(C2/C(=C(\O)c3ccc(OCCC)cc3C)C(=O)C(=O)N2CCN(CC)CC)cc1OC. The van der Waals surface area contributed by atoms with E-state index in [1.807, 2.05) is 32.0 Å².